The number of hydrogen-bond donors (Lipinski definition) is 0. The predicted molar refractivity (Wildman–Crippen MR) is 64.4 cm³/mol. The van der Waals surface area contributed by atoms with E-state index in [1.54, 1.807) is 0 Å². The molecule has 3 nitrogen and oxygen atoms in total. The van der Waals surface area contributed by atoms with Gasteiger partial charge in [0.05, 0.1) is 23.6 Å². The maximum atomic E-state index is 8.75. The summed E-state index contributed by atoms with van der Waals surface area (Å²) in [5, 5.41) is 8.24. The number of aromatic nitrogens is 2. The Morgan fingerprint density at radius 3 is 2.94 bits per heavy atom. The van der Waals surface area contributed by atoms with E-state index >= 15 is 0 Å². The number of para-hydroxylation sites is 2. The summed E-state index contributed by atoms with van der Waals surface area (Å²) in [6.07, 6.45) is 0.837. The Kier molecular flexibility index (Phi) is 3.12. The van der Waals surface area contributed by atoms with Gasteiger partial charge in [-0.1, -0.05) is 19.1 Å². The zero-order valence-corrected chi connectivity index (χ0v) is 9.78. The first kappa shape index (κ1) is 11.0. The van der Waals surface area contributed by atoms with Gasteiger partial charge in [-0.25, -0.2) is 4.98 Å². The van der Waals surface area contributed by atoms with Gasteiger partial charge >= 0.3 is 0 Å². The van der Waals surface area contributed by atoms with Crippen molar-refractivity contribution in [3.05, 3.63) is 30.1 Å². The van der Waals surface area contributed by atoms with Crippen molar-refractivity contribution in [2.24, 2.45) is 0 Å². The van der Waals surface area contributed by atoms with E-state index in [-0.39, 0.29) is 0 Å². The lowest BCUT2D eigenvalue weighted by molar-refractivity contribution is 0.694. The van der Waals surface area contributed by atoms with Crippen molar-refractivity contribution >= 4 is 22.6 Å². The third-order valence-electron chi connectivity index (χ3n) is 2.53. The molecule has 0 saturated heterocycles. The number of rotatable bonds is 3. The number of fused-ring (bicyclic) bond motifs is 1. The van der Waals surface area contributed by atoms with E-state index in [9.17, 15) is 0 Å². The maximum Gasteiger partial charge on any atom is 0.138 e. The van der Waals surface area contributed by atoms with Gasteiger partial charge in [-0.05, 0) is 12.1 Å². The molecular weight excluding hydrogens is 222 g/mol. The van der Waals surface area contributed by atoms with Crippen molar-refractivity contribution in [3.8, 4) is 6.07 Å². The SMILES string of the molecule is CCc1nc2ccccc2n1CC(Cl)C#N. The van der Waals surface area contributed by atoms with Gasteiger partial charge in [0.25, 0.3) is 0 Å². The quantitative estimate of drug-likeness (QED) is 0.765. The average Bonchev–Trinajstić information content (AvgIpc) is 2.67. The summed E-state index contributed by atoms with van der Waals surface area (Å²) in [4.78, 5) is 4.51. The Morgan fingerprint density at radius 2 is 2.25 bits per heavy atom. The molecule has 1 unspecified atom stereocenters. The third kappa shape index (κ3) is 1.89. The van der Waals surface area contributed by atoms with Crippen LogP contribution in [0.3, 0.4) is 0 Å². The summed E-state index contributed by atoms with van der Waals surface area (Å²) >= 11 is 5.88. The molecular formula is C12H12ClN3. The lowest BCUT2D eigenvalue weighted by atomic mass is 10.3. The molecule has 1 atom stereocenters. The maximum absolute atomic E-state index is 8.75. The van der Waals surface area contributed by atoms with Crippen LogP contribution in [-0.4, -0.2) is 14.9 Å². The molecule has 2 rings (SSSR count). The van der Waals surface area contributed by atoms with Crippen LogP contribution in [0.1, 0.15) is 12.7 Å². The smallest absolute Gasteiger partial charge is 0.138 e. The Morgan fingerprint density at radius 1 is 1.50 bits per heavy atom. The zero-order valence-electron chi connectivity index (χ0n) is 9.02. The van der Waals surface area contributed by atoms with Gasteiger partial charge in [0.1, 0.15) is 11.2 Å². The molecule has 16 heavy (non-hydrogen) atoms. The summed E-state index contributed by atoms with van der Waals surface area (Å²) in [6, 6.07) is 9.94. The molecule has 0 N–H and O–H groups in total. The molecule has 82 valence electrons. The number of imidazole rings is 1. The second-order valence-electron chi connectivity index (χ2n) is 3.58. The van der Waals surface area contributed by atoms with Gasteiger partial charge < -0.3 is 4.57 Å². The first-order chi connectivity index (χ1) is 7.76. The number of alkyl halides is 1. The van der Waals surface area contributed by atoms with Crippen LogP contribution < -0.4 is 0 Å². The second kappa shape index (κ2) is 4.54. The van der Waals surface area contributed by atoms with Crippen LogP contribution >= 0.6 is 11.6 Å². The third-order valence-corrected chi connectivity index (χ3v) is 2.77. The Hall–Kier alpha value is -1.53. The lowest BCUT2D eigenvalue weighted by Gasteiger charge is -2.07. The molecule has 1 aromatic carbocycles. The number of benzene rings is 1. The summed E-state index contributed by atoms with van der Waals surface area (Å²) in [7, 11) is 0. The van der Waals surface area contributed by atoms with E-state index in [0.717, 1.165) is 23.3 Å². The highest BCUT2D eigenvalue weighted by Gasteiger charge is 2.12. The van der Waals surface area contributed by atoms with E-state index in [4.69, 9.17) is 16.9 Å². The number of nitriles is 1. The van der Waals surface area contributed by atoms with Crippen molar-refractivity contribution in [1.82, 2.24) is 9.55 Å². The van der Waals surface area contributed by atoms with Gasteiger partial charge in [-0.2, -0.15) is 5.26 Å². The van der Waals surface area contributed by atoms with E-state index in [1.807, 2.05) is 41.8 Å². The molecule has 0 bridgehead atoms. The van der Waals surface area contributed by atoms with Crippen molar-refractivity contribution in [1.29, 1.82) is 5.26 Å². The largest absolute Gasteiger partial charge is 0.325 e. The highest BCUT2D eigenvalue weighted by molar-refractivity contribution is 6.22. The molecule has 0 aliphatic heterocycles. The summed E-state index contributed by atoms with van der Waals surface area (Å²) in [5.74, 6) is 0.974. The highest BCUT2D eigenvalue weighted by atomic mass is 35.5. The zero-order chi connectivity index (χ0) is 11.5. The topological polar surface area (TPSA) is 41.6 Å². The molecule has 0 aliphatic rings. The van der Waals surface area contributed by atoms with Crippen LogP contribution in [0.4, 0.5) is 0 Å². The Bertz CT molecular complexity index is 539. The molecule has 0 aliphatic carbocycles. The van der Waals surface area contributed by atoms with E-state index in [1.165, 1.54) is 0 Å². The number of halogens is 1. The molecule has 0 fully saturated rings. The number of aryl methyl sites for hydroxylation is 1. The minimum atomic E-state index is -0.511. The van der Waals surface area contributed by atoms with E-state index in [0.29, 0.717) is 6.54 Å². The Labute approximate surface area is 99.3 Å². The van der Waals surface area contributed by atoms with Gasteiger partial charge in [0.15, 0.2) is 0 Å². The van der Waals surface area contributed by atoms with Crippen LogP contribution in [0.5, 0.6) is 0 Å². The van der Waals surface area contributed by atoms with Gasteiger partial charge in [-0.3, -0.25) is 0 Å². The van der Waals surface area contributed by atoms with Crippen molar-refractivity contribution < 1.29 is 0 Å². The van der Waals surface area contributed by atoms with Crippen molar-refractivity contribution in [2.45, 2.75) is 25.3 Å². The van der Waals surface area contributed by atoms with Gasteiger partial charge in [0.2, 0.25) is 0 Å². The Balaban J connectivity index is 2.52. The van der Waals surface area contributed by atoms with Gasteiger partial charge in [0, 0.05) is 6.42 Å². The van der Waals surface area contributed by atoms with Crippen LogP contribution in [0.25, 0.3) is 11.0 Å². The molecule has 0 spiro atoms. The standard InChI is InChI=1S/C12H12ClN3/c1-2-12-15-10-5-3-4-6-11(10)16(12)8-9(13)7-14/h3-6,9H,2,8H2,1H3. The number of hydrogen-bond acceptors (Lipinski definition) is 2. The molecule has 2 aromatic rings. The normalized spacial score (nSPS) is 12.6. The molecule has 0 radical (unpaired) electrons. The van der Waals surface area contributed by atoms with Crippen LogP contribution in [0.2, 0.25) is 0 Å². The summed E-state index contributed by atoms with van der Waals surface area (Å²) in [6.45, 7) is 2.54. The number of nitrogens with zero attached hydrogens (tertiary/aromatic N) is 3. The van der Waals surface area contributed by atoms with Gasteiger partial charge in [-0.15, -0.1) is 11.6 Å². The molecule has 0 saturated carbocycles. The highest BCUT2D eigenvalue weighted by Crippen LogP contribution is 2.17. The lowest BCUT2D eigenvalue weighted by Crippen LogP contribution is -2.11. The minimum Gasteiger partial charge on any atom is -0.325 e. The van der Waals surface area contributed by atoms with E-state index < -0.39 is 5.38 Å². The molecule has 4 heteroatoms. The van der Waals surface area contributed by atoms with E-state index in [2.05, 4.69) is 4.98 Å². The van der Waals surface area contributed by atoms with Crippen molar-refractivity contribution in [2.75, 3.05) is 0 Å². The average molecular weight is 234 g/mol. The predicted octanol–water partition coefficient (Wildman–Crippen LogP) is 2.73. The minimum absolute atomic E-state index is 0.488. The molecule has 1 heterocycles. The monoisotopic (exact) mass is 233 g/mol. The van der Waals surface area contributed by atoms with Crippen LogP contribution in [0.15, 0.2) is 24.3 Å². The fourth-order valence-electron chi connectivity index (χ4n) is 1.80. The fraction of sp³-hybridized carbons (Fsp3) is 0.333. The van der Waals surface area contributed by atoms with Crippen molar-refractivity contribution in [3.63, 3.8) is 0 Å². The molecule has 0 amide bonds. The summed E-state index contributed by atoms with van der Waals surface area (Å²) < 4.78 is 2.02. The first-order valence-electron chi connectivity index (χ1n) is 5.24. The summed E-state index contributed by atoms with van der Waals surface area (Å²) in [5.41, 5.74) is 2.00. The molecule has 1 aromatic heterocycles. The van der Waals surface area contributed by atoms with Crippen LogP contribution in [-0.2, 0) is 13.0 Å². The fourth-order valence-corrected chi connectivity index (χ4v) is 1.94. The van der Waals surface area contributed by atoms with Crippen LogP contribution in [0, 0.1) is 11.3 Å². The first-order valence-corrected chi connectivity index (χ1v) is 5.67. The second-order valence-corrected chi connectivity index (χ2v) is 4.10.